The van der Waals surface area contributed by atoms with Gasteiger partial charge in [-0.2, -0.15) is 9.65 Å². The zero-order valence-electron chi connectivity index (χ0n) is 17.2. The molecule has 0 amide bonds. The summed E-state index contributed by atoms with van der Waals surface area (Å²) in [5.41, 5.74) is 5.06. The Balaban J connectivity index is 2.49. The Labute approximate surface area is 195 Å². The second-order valence-corrected chi connectivity index (χ2v) is 7.54. The topological polar surface area (TPSA) is 126 Å². The number of phenols is 1. The second kappa shape index (κ2) is 9.30. The van der Waals surface area contributed by atoms with Gasteiger partial charge in [-0.15, -0.1) is 0 Å². The fraction of sp³-hybridized carbons (Fsp3) is 0.136. The Bertz CT molecular complexity index is 1250. The molecule has 170 valence electrons. The van der Waals surface area contributed by atoms with Gasteiger partial charge in [0.25, 0.3) is 0 Å². The number of ether oxygens (including phenoxy) is 2. The van der Waals surface area contributed by atoms with Crippen molar-refractivity contribution in [3.8, 4) is 11.8 Å². The maximum absolute atomic E-state index is 14.4. The lowest BCUT2D eigenvalue weighted by atomic mass is 9.81. The summed E-state index contributed by atoms with van der Waals surface area (Å²) >= 11 is 2.83. The molecule has 0 aromatic heterocycles. The molecule has 8 nitrogen and oxygen atoms in total. The van der Waals surface area contributed by atoms with Crippen LogP contribution in [0.4, 0.5) is 14.5 Å². The number of aromatic hydroxyl groups is 1. The number of hydrogen-bond acceptors (Lipinski definition) is 8. The normalized spacial score (nSPS) is 15.9. The van der Waals surface area contributed by atoms with Crippen LogP contribution in [0.3, 0.4) is 0 Å². The van der Waals surface area contributed by atoms with E-state index >= 15 is 0 Å². The number of nitrogens with two attached hydrogens (primary N) is 1. The van der Waals surface area contributed by atoms with Gasteiger partial charge in [0.1, 0.15) is 11.5 Å². The number of carbonyl (C=O) groups is 2. The van der Waals surface area contributed by atoms with Crippen LogP contribution in [0.25, 0.3) is 0 Å². The average molecular weight is 520 g/mol. The number of nitrogens with zero attached hydrogens (tertiary/aromatic N) is 2. The summed E-state index contributed by atoms with van der Waals surface area (Å²) in [5, 5.41) is 20.3. The van der Waals surface area contributed by atoms with Crippen LogP contribution in [-0.4, -0.2) is 31.3 Å². The zero-order valence-corrected chi connectivity index (χ0v) is 18.8. The number of rotatable bonds is 4. The van der Waals surface area contributed by atoms with Crippen LogP contribution >= 0.6 is 15.9 Å². The lowest BCUT2D eigenvalue weighted by molar-refractivity contribution is -0.139. The second-order valence-electron chi connectivity index (χ2n) is 6.69. The van der Waals surface area contributed by atoms with Crippen molar-refractivity contribution >= 4 is 33.6 Å². The SMILES string of the molecule is COC(=O)C1=C(C(=O)OC)N(c2cc(Br)c(F)c(F)c2O)C(N)=C(C#N)C1c1ccccc1. The number of methoxy groups -OCH3 is 2. The molecule has 3 rings (SSSR count). The fourth-order valence-corrected chi connectivity index (χ4v) is 3.90. The Morgan fingerprint density at radius 3 is 2.30 bits per heavy atom. The average Bonchev–Trinajstić information content (AvgIpc) is 2.83. The maximum atomic E-state index is 14.4. The summed E-state index contributed by atoms with van der Waals surface area (Å²) in [6, 6.07) is 11.1. The molecule has 0 saturated carbocycles. The van der Waals surface area contributed by atoms with Crippen molar-refractivity contribution in [1.29, 1.82) is 5.26 Å². The first-order valence-electron chi connectivity index (χ1n) is 9.21. The number of phenolic OH excluding ortho intramolecular Hbond substituents is 1. The molecule has 0 spiro atoms. The minimum absolute atomic E-state index is 0.200. The molecule has 1 aliphatic rings. The number of esters is 2. The quantitative estimate of drug-likeness (QED) is 0.465. The Morgan fingerprint density at radius 2 is 1.76 bits per heavy atom. The van der Waals surface area contributed by atoms with Crippen molar-refractivity contribution < 1.29 is 33.0 Å². The van der Waals surface area contributed by atoms with Gasteiger partial charge in [-0.1, -0.05) is 30.3 Å². The lowest BCUT2D eigenvalue weighted by Gasteiger charge is -2.36. The van der Waals surface area contributed by atoms with Gasteiger partial charge in [-0.3, -0.25) is 4.90 Å². The van der Waals surface area contributed by atoms with Crippen LogP contribution in [0.5, 0.6) is 5.75 Å². The van der Waals surface area contributed by atoms with Crippen molar-refractivity contribution in [2.24, 2.45) is 5.73 Å². The number of halogens is 3. The predicted octanol–water partition coefficient (Wildman–Crippen LogP) is 3.33. The van der Waals surface area contributed by atoms with Gasteiger partial charge in [-0.25, -0.2) is 14.0 Å². The third-order valence-corrected chi connectivity index (χ3v) is 5.54. The molecule has 2 aromatic carbocycles. The van der Waals surface area contributed by atoms with Crippen LogP contribution in [0.2, 0.25) is 0 Å². The molecule has 3 N–H and O–H groups in total. The van der Waals surface area contributed by atoms with Gasteiger partial charge in [0.05, 0.1) is 47.5 Å². The molecule has 0 bridgehead atoms. The van der Waals surface area contributed by atoms with E-state index in [1.54, 1.807) is 30.3 Å². The van der Waals surface area contributed by atoms with Gasteiger partial charge in [0, 0.05) is 0 Å². The number of carbonyl (C=O) groups excluding carboxylic acids is 2. The molecule has 1 unspecified atom stereocenters. The summed E-state index contributed by atoms with van der Waals surface area (Å²) in [7, 11) is 2.09. The predicted molar refractivity (Wildman–Crippen MR) is 115 cm³/mol. The summed E-state index contributed by atoms with van der Waals surface area (Å²) in [6.07, 6.45) is 0. The van der Waals surface area contributed by atoms with Crippen LogP contribution in [-0.2, 0) is 19.1 Å². The Kier molecular flexibility index (Phi) is 6.69. The molecule has 0 fully saturated rings. The zero-order chi connectivity index (χ0) is 24.4. The van der Waals surface area contributed by atoms with E-state index in [-0.39, 0.29) is 11.1 Å². The van der Waals surface area contributed by atoms with Gasteiger partial charge in [0.15, 0.2) is 11.6 Å². The standard InChI is InChI=1S/C22H16BrF2N3O5/c1-32-21(30)15-14(10-6-4-3-5-7-10)11(9-26)20(27)28(18(15)22(31)33-2)13-8-12(23)16(24)17(25)19(13)29/h3-8,14,29H,27H2,1-2H3. The van der Waals surface area contributed by atoms with Crippen LogP contribution in [0.1, 0.15) is 11.5 Å². The summed E-state index contributed by atoms with van der Waals surface area (Å²) in [6.45, 7) is 0. The molecule has 0 radical (unpaired) electrons. The largest absolute Gasteiger partial charge is 0.503 e. The van der Waals surface area contributed by atoms with E-state index in [9.17, 15) is 28.7 Å². The molecule has 0 saturated heterocycles. The molecular weight excluding hydrogens is 504 g/mol. The summed E-state index contributed by atoms with van der Waals surface area (Å²) < 4.78 is 37.6. The van der Waals surface area contributed by atoms with E-state index in [0.29, 0.717) is 5.56 Å². The van der Waals surface area contributed by atoms with E-state index in [2.05, 4.69) is 15.9 Å². The van der Waals surface area contributed by atoms with Crippen molar-refractivity contribution in [2.45, 2.75) is 5.92 Å². The first-order chi connectivity index (χ1) is 15.7. The number of allylic oxidation sites excluding steroid dienone is 1. The minimum atomic E-state index is -1.64. The van der Waals surface area contributed by atoms with Crippen LogP contribution < -0.4 is 10.6 Å². The highest BCUT2D eigenvalue weighted by molar-refractivity contribution is 9.10. The smallest absolute Gasteiger partial charge is 0.355 e. The van der Waals surface area contributed by atoms with Gasteiger partial charge in [-0.05, 0) is 27.6 Å². The molecule has 1 aliphatic heterocycles. The highest BCUT2D eigenvalue weighted by Gasteiger charge is 2.44. The van der Waals surface area contributed by atoms with Gasteiger partial charge >= 0.3 is 11.9 Å². The first-order valence-corrected chi connectivity index (χ1v) is 10.0. The monoisotopic (exact) mass is 519 g/mol. The Morgan fingerprint density at radius 1 is 1.15 bits per heavy atom. The fourth-order valence-electron chi connectivity index (χ4n) is 3.51. The number of benzene rings is 2. The van der Waals surface area contributed by atoms with E-state index in [4.69, 9.17) is 15.2 Å². The number of nitriles is 1. The molecule has 1 atom stereocenters. The molecule has 0 aliphatic carbocycles. The maximum Gasteiger partial charge on any atom is 0.355 e. The minimum Gasteiger partial charge on any atom is -0.503 e. The third-order valence-electron chi connectivity index (χ3n) is 4.97. The molecule has 2 aromatic rings. The summed E-state index contributed by atoms with van der Waals surface area (Å²) in [5.74, 6) is -7.90. The van der Waals surface area contributed by atoms with E-state index in [1.165, 1.54) is 0 Å². The summed E-state index contributed by atoms with van der Waals surface area (Å²) in [4.78, 5) is 26.6. The number of hydrogen-bond donors (Lipinski definition) is 2. The number of anilines is 1. The third kappa shape index (κ3) is 3.89. The van der Waals surface area contributed by atoms with Crippen LogP contribution in [0, 0.1) is 23.0 Å². The van der Waals surface area contributed by atoms with E-state index in [1.807, 2.05) is 6.07 Å². The lowest BCUT2D eigenvalue weighted by Crippen LogP contribution is -2.40. The van der Waals surface area contributed by atoms with Crippen molar-refractivity contribution in [2.75, 3.05) is 19.1 Å². The molecule has 11 heteroatoms. The van der Waals surface area contributed by atoms with E-state index < -0.39 is 56.9 Å². The first kappa shape index (κ1) is 23.7. The highest BCUT2D eigenvalue weighted by atomic mass is 79.9. The van der Waals surface area contributed by atoms with E-state index in [0.717, 1.165) is 25.2 Å². The van der Waals surface area contributed by atoms with Crippen molar-refractivity contribution in [3.63, 3.8) is 0 Å². The highest BCUT2D eigenvalue weighted by Crippen LogP contribution is 2.46. The molecule has 1 heterocycles. The van der Waals surface area contributed by atoms with Gasteiger partial charge < -0.3 is 20.3 Å². The Hall–Kier alpha value is -3.91. The van der Waals surface area contributed by atoms with Crippen molar-refractivity contribution in [1.82, 2.24) is 0 Å². The molecular formula is C22H16BrF2N3O5. The molecule has 33 heavy (non-hydrogen) atoms. The van der Waals surface area contributed by atoms with Crippen LogP contribution in [0.15, 0.2) is 63.5 Å². The van der Waals surface area contributed by atoms with Crippen molar-refractivity contribution in [3.05, 3.63) is 80.7 Å². The van der Waals surface area contributed by atoms with Gasteiger partial charge in [0.2, 0.25) is 5.82 Å².